The first-order valence-electron chi connectivity index (χ1n) is 6.83. The van der Waals surface area contributed by atoms with Gasteiger partial charge in [-0.1, -0.05) is 6.07 Å². The Morgan fingerprint density at radius 1 is 0.875 bits per heavy atom. The predicted octanol–water partition coefficient (Wildman–Crippen LogP) is 3.72. The summed E-state index contributed by atoms with van der Waals surface area (Å²) in [4.78, 5) is 0. The number of methoxy groups -OCH3 is 1. The molecule has 0 heterocycles. The molecule has 6 nitrogen and oxygen atoms in total. The van der Waals surface area contributed by atoms with Crippen LogP contribution in [0.15, 0.2) is 59.8 Å². The van der Waals surface area contributed by atoms with Crippen LogP contribution in [0.25, 0.3) is 0 Å². The monoisotopic (exact) mass is 316 g/mol. The molecule has 0 atom stereocenters. The molecule has 0 bridgehead atoms. The summed E-state index contributed by atoms with van der Waals surface area (Å²) in [5.41, 5.74) is 0.197. The molecular weight excluding hydrogens is 304 g/mol. The smallest absolute Gasteiger partial charge is 0.163 e. The number of nitrogens with one attached hydrogen (secondary N) is 1. The fourth-order valence-electron chi connectivity index (χ4n) is 1.83. The first-order valence-corrected chi connectivity index (χ1v) is 6.83. The fraction of sp³-hybridized carbons (Fsp3) is 0.0556. The summed E-state index contributed by atoms with van der Waals surface area (Å²) in [6.07, 6.45) is 0. The van der Waals surface area contributed by atoms with Gasteiger partial charge in [0, 0.05) is 11.8 Å². The van der Waals surface area contributed by atoms with Crippen molar-refractivity contribution >= 4 is 5.69 Å². The molecule has 2 aromatic rings. The summed E-state index contributed by atoms with van der Waals surface area (Å²) in [6, 6.07) is 19.1. The largest absolute Gasteiger partial charge is 0.497 e. The van der Waals surface area contributed by atoms with Crippen LogP contribution in [0, 0.1) is 34.0 Å². The minimum atomic E-state index is -0.269. The van der Waals surface area contributed by atoms with Gasteiger partial charge in [-0.2, -0.15) is 15.8 Å². The molecule has 0 unspecified atom stereocenters. The Kier molecular flexibility index (Phi) is 5.40. The lowest BCUT2D eigenvalue weighted by Gasteiger charge is -2.09. The molecule has 0 radical (unpaired) electrons. The van der Waals surface area contributed by atoms with Gasteiger partial charge in [-0.25, -0.2) is 0 Å². The van der Waals surface area contributed by atoms with Gasteiger partial charge in [0.15, 0.2) is 5.57 Å². The number of ether oxygens (including phenoxy) is 2. The fourth-order valence-corrected chi connectivity index (χ4v) is 1.83. The number of anilines is 1. The number of benzene rings is 2. The van der Waals surface area contributed by atoms with Crippen molar-refractivity contribution in [2.45, 2.75) is 0 Å². The third-order valence-corrected chi connectivity index (χ3v) is 2.99. The van der Waals surface area contributed by atoms with Gasteiger partial charge in [-0.15, -0.1) is 0 Å². The Hall–Kier alpha value is -3.95. The van der Waals surface area contributed by atoms with Gasteiger partial charge in [-0.05, 0) is 36.4 Å². The maximum atomic E-state index is 9.01. The number of rotatable bonds is 5. The second-order valence-corrected chi connectivity index (χ2v) is 4.52. The first kappa shape index (κ1) is 16.4. The van der Waals surface area contributed by atoms with E-state index in [0.717, 1.165) is 0 Å². The van der Waals surface area contributed by atoms with Gasteiger partial charge in [0.2, 0.25) is 0 Å². The second kappa shape index (κ2) is 7.89. The van der Waals surface area contributed by atoms with Crippen molar-refractivity contribution in [2.24, 2.45) is 0 Å². The number of nitrogens with zero attached hydrogens (tertiary/aromatic N) is 3. The van der Waals surface area contributed by atoms with E-state index in [0.29, 0.717) is 22.9 Å². The van der Waals surface area contributed by atoms with Gasteiger partial charge in [-0.3, -0.25) is 0 Å². The molecule has 0 aromatic heterocycles. The normalized spacial score (nSPS) is 8.92. The van der Waals surface area contributed by atoms with E-state index in [2.05, 4.69) is 5.32 Å². The van der Waals surface area contributed by atoms with E-state index < -0.39 is 0 Å². The molecule has 24 heavy (non-hydrogen) atoms. The molecule has 0 aliphatic carbocycles. The molecule has 0 fully saturated rings. The highest BCUT2D eigenvalue weighted by Gasteiger charge is 2.06. The van der Waals surface area contributed by atoms with Crippen LogP contribution in [0.1, 0.15) is 0 Å². The average Bonchev–Trinajstić information content (AvgIpc) is 2.63. The maximum Gasteiger partial charge on any atom is 0.163 e. The second-order valence-electron chi connectivity index (χ2n) is 4.52. The third kappa shape index (κ3) is 4.04. The lowest BCUT2D eigenvalue weighted by Crippen LogP contribution is -2.00. The topological polar surface area (TPSA) is 102 Å². The van der Waals surface area contributed by atoms with E-state index in [9.17, 15) is 0 Å². The van der Waals surface area contributed by atoms with Crippen LogP contribution in [-0.2, 0) is 0 Å². The summed E-state index contributed by atoms with van der Waals surface area (Å²) < 4.78 is 10.8. The Bertz CT molecular complexity index is 865. The lowest BCUT2D eigenvalue weighted by molar-refractivity contribution is 0.409. The van der Waals surface area contributed by atoms with Crippen LogP contribution in [0.3, 0.4) is 0 Å². The zero-order valence-electron chi connectivity index (χ0n) is 12.8. The van der Waals surface area contributed by atoms with Crippen LogP contribution in [0.2, 0.25) is 0 Å². The van der Waals surface area contributed by atoms with Gasteiger partial charge in [0.05, 0.1) is 7.11 Å². The van der Waals surface area contributed by atoms with Gasteiger partial charge in [0.1, 0.15) is 41.2 Å². The highest BCUT2D eigenvalue weighted by Crippen LogP contribution is 2.26. The van der Waals surface area contributed by atoms with E-state index in [-0.39, 0.29) is 11.3 Å². The van der Waals surface area contributed by atoms with Crippen molar-refractivity contribution in [2.75, 3.05) is 12.4 Å². The number of hydrogen-bond donors (Lipinski definition) is 1. The molecule has 0 spiro atoms. The zero-order chi connectivity index (χ0) is 17.4. The average molecular weight is 316 g/mol. The van der Waals surface area contributed by atoms with Crippen molar-refractivity contribution in [3.63, 3.8) is 0 Å². The quantitative estimate of drug-likeness (QED) is 0.843. The third-order valence-electron chi connectivity index (χ3n) is 2.99. The van der Waals surface area contributed by atoms with Crippen LogP contribution in [-0.4, -0.2) is 7.11 Å². The highest BCUT2D eigenvalue weighted by atomic mass is 16.5. The molecule has 0 amide bonds. The highest BCUT2D eigenvalue weighted by molar-refractivity contribution is 5.59. The van der Waals surface area contributed by atoms with E-state index in [1.54, 1.807) is 61.7 Å². The van der Waals surface area contributed by atoms with Gasteiger partial charge < -0.3 is 14.8 Å². The lowest BCUT2D eigenvalue weighted by atomic mass is 10.2. The molecule has 116 valence electrons. The summed E-state index contributed by atoms with van der Waals surface area (Å²) in [5, 5.41) is 29.4. The van der Waals surface area contributed by atoms with Crippen molar-refractivity contribution in [3.05, 3.63) is 59.8 Å². The number of hydrogen-bond acceptors (Lipinski definition) is 6. The van der Waals surface area contributed by atoms with Crippen molar-refractivity contribution in [1.82, 2.24) is 0 Å². The minimum Gasteiger partial charge on any atom is -0.497 e. The van der Waals surface area contributed by atoms with Crippen molar-refractivity contribution < 1.29 is 9.47 Å². The molecule has 0 saturated heterocycles. The Labute approximate surface area is 139 Å². The molecule has 0 aliphatic rings. The molecule has 2 rings (SSSR count). The van der Waals surface area contributed by atoms with Crippen LogP contribution in [0.4, 0.5) is 5.69 Å². The Balaban J connectivity index is 2.14. The summed E-state index contributed by atoms with van der Waals surface area (Å²) in [6.45, 7) is 0. The van der Waals surface area contributed by atoms with E-state index >= 15 is 0 Å². The molecule has 6 heteroatoms. The summed E-state index contributed by atoms with van der Waals surface area (Å²) >= 11 is 0. The molecule has 0 aliphatic heterocycles. The van der Waals surface area contributed by atoms with E-state index in [1.165, 1.54) is 0 Å². The van der Waals surface area contributed by atoms with Crippen molar-refractivity contribution in [3.8, 4) is 35.5 Å². The summed E-state index contributed by atoms with van der Waals surface area (Å²) in [7, 11) is 1.58. The van der Waals surface area contributed by atoms with E-state index in [4.69, 9.17) is 25.3 Å². The Morgan fingerprint density at radius 2 is 1.54 bits per heavy atom. The maximum absolute atomic E-state index is 9.01. The Morgan fingerprint density at radius 3 is 2.12 bits per heavy atom. The standard InChI is InChI=1S/C18H12N4O2/c1-23-16-3-2-4-17(9-16)24-15-7-5-14(6-8-15)22-18(12-21)13(10-19)11-20/h2-9,22H,1H3. The summed E-state index contributed by atoms with van der Waals surface area (Å²) in [5.74, 6) is 1.91. The van der Waals surface area contributed by atoms with E-state index in [1.807, 2.05) is 12.1 Å². The minimum absolute atomic E-state index is 0.0959. The van der Waals surface area contributed by atoms with Crippen LogP contribution >= 0.6 is 0 Å². The zero-order valence-corrected chi connectivity index (χ0v) is 12.8. The van der Waals surface area contributed by atoms with Gasteiger partial charge >= 0.3 is 0 Å². The number of nitriles is 3. The molecule has 0 saturated carbocycles. The van der Waals surface area contributed by atoms with Crippen LogP contribution < -0.4 is 14.8 Å². The molecular formula is C18H12N4O2. The number of allylic oxidation sites excluding steroid dienone is 2. The van der Waals surface area contributed by atoms with Gasteiger partial charge in [0.25, 0.3) is 0 Å². The SMILES string of the molecule is COc1cccc(Oc2ccc(NC(C#N)=C(C#N)C#N)cc2)c1. The van der Waals surface area contributed by atoms with Crippen molar-refractivity contribution in [1.29, 1.82) is 15.8 Å². The molecule has 2 aromatic carbocycles. The molecule has 1 N–H and O–H groups in total. The predicted molar refractivity (Wildman–Crippen MR) is 87.0 cm³/mol. The van der Waals surface area contributed by atoms with Crippen LogP contribution in [0.5, 0.6) is 17.2 Å². The first-order chi connectivity index (χ1) is 11.7.